The first kappa shape index (κ1) is 18.2. The smallest absolute Gasteiger partial charge is 0.407 e. The molecule has 5 nitrogen and oxygen atoms in total. The Bertz CT molecular complexity index is 530. The van der Waals surface area contributed by atoms with Crippen LogP contribution in [0.1, 0.15) is 26.3 Å². The van der Waals surface area contributed by atoms with Crippen LogP contribution < -0.4 is 15.8 Å². The Hall–Kier alpha value is -1.89. The van der Waals surface area contributed by atoms with Gasteiger partial charge in [-0.2, -0.15) is 0 Å². The molecule has 124 valence electrons. The molecule has 22 heavy (non-hydrogen) atoms. The van der Waals surface area contributed by atoms with Gasteiger partial charge in [-0.15, -0.1) is 0 Å². The van der Waals surface area contributed by atoms with Crippen molar-refractivity contribution in [1.29, 1.82) is 0 Å². The van der Waals surface area contributed by atoms with E-state index in [9.17, 15) is 13.6 Å². The zero-order chi connectivity index (χ0) is 16.9. The number of benzene rings is 1. The predicted molar refractivity (Wildman–Crippen MR) is 78.8 cm³/mol. The molecule has 0 aliphatic rings. The Balaban J connectivity index is 2.82. The van der Waals surface area contributed by atoms with E-state index in [4.69, 9.17) is 15.2 Å². The molecular formula is C15H22F2N2O3. The van der Waals surface area contributed by atoms with E-state index in [0.717, 1.165) is 12.1 Å². The normalized spacial score (nSPS) is 12.7. The third-order valence-corrected chi connectivity index (χ3v) is 2.80. The molecule has 0 saturated heterocycles. The summed E-state index contributed by atoms with van der Waals surface area (Å²) in [5, 5.41) is 2.60. The average molecular weight is 316 g/mol. The van der Waals surface area contributed by atoms with E-state index in [-0.39, 0.29) is 18.7 Å². The van der Waals surface area contributed by atoms with Crippen LogP contribution in [0.2, 0.25) is 0 Å². The molecule has 0 aliphatic heterocycles. The highest BCUT2D eigenvalue weighted by Gasteiger charge is 2.20. The topological polar surface area (TPSA) is 73.6 Å². The molecule has 0 heterocycles. The van der Waals surface area contributed by atoms with Crippen molar-refractivity contribution in [2.75, 3.05) is 13.7 Å². The van der Waals surface area contributed by atoms with Crippen molar-refractivity contribution < 1.29 is 23.0 Å². The molecule has 7 heteroatoms. The Morgan fingerprint density at radius 2 is 1.91 bits per heavy atom. The van der Waals surface area contributed by atoms with Gasteiger partial charge in [0, 0.05) is 18.7 Å². The first-order valence-electron chi connectivity index (χ1n) is 6.87. The molecular weight excluding hydrogens is 294 g/mol. The number of nitrogens with two attached hydrogens (primary N) is 1. The second-order valence-corrected chi connectivity index (χ2v) is 5.86. The van der Waals surface area contributed by atoms with Gasteiger partial charge in [0.15, 0.2) is 11.6 Å². The Morgan fingerprint density at radius 3 is 2.41 bits per heavy atom. The third kappa shape index (κ3) is 5.48. The average Bonchev–Trinajstić information content (AvgIpc) is 2.39. The quantitative estimate of drug-likeness (QED) is 0.874. The molecule has 0 spiro atoms. The highest BCUT2D eigenvalue weighted by molar-refractivity contribution is 5.68. The Kier molecular flexibility index (Phi) is 6.11. The number of nitrogens with one attached hydrogen (secondary N) is 1. The van der Waals surface area contributed by atoms with E-state index in [1.807, 2.05) is 0 Å². The molecule has 0 bridgehead atoms. The minimum atomic E-state index is -0.995. The van der Waals surface area contributed by atoms with E-state index in [2.05, 4.69) is 5.32 Å². The molecule has 0 saturated carbocycles. The number of alkyl carbamates (subject to hydrolysis) is 1. The van der Waals surface area contributed by atoms with Crippen LogP contribution in [0.15, 0.2) is 12.1 Å². The van der Waals surface area contributed by atoms with E-state index < -0.39 is 29.4 Å². The highest BCUT2D eigenvalue weighted by atomic mass is 19.2. The van der Waals surface area contributed by atoms with Crippen LogP contribution in [0.25, 0.3) is 0 Å². The van der Waals surface area contributed by atoms with Crippen LogP contribution >= 0.6 is 0 Å². The van der Waals surface area contributed by atoms with Crippen LogP contribution in [0.3, 0.4) is 0 Å². The molecule has 0 aliphatic carbocycles. The Morgan fingerprint density at radius 1 is 1.32 bits per heavy atom. The molecule has 1 amide bonds. The Labute approximate surface area is 128 Å². The van der Waals surface area contributed by atoms with Gasteiger partial charge in [-0.3, -0.25) is 0 Å². The third-order valence-electron chi connectivity index (χ3n) is 2.80. The van der Waals surface area contributed by atoms with E-state index in [1.54, 1.807) is 20.8 Å². The van der Waals surface area contributed by atoms with Gasteiger partial charge in [0.05, 0.1) is 7.11 Å². The van der Waals surface area contributed by atoms with Gasteiger partial charge in [-0.1, -0.05) is 0 Å². The van der Waals surface area contributed by atoms with Crippen molar-refractivity contribution in [3.63, 3.8) is 0 Å². The fourth-order valence-corrected chi connectivity index (χ4v) is 1.85. The van der Waals surface area contributed by atoms with Crippen LogP contribution in [0, 0.1) is 11.6 Å². The number of carbonyl (C=O) groups excluding carboxylic acids is 1. The molecule has 1 atom stereocenters. The van der Waals surface area contributed by atoms with Crippen LogP contribution in [-0.4, -0.2) is 31.4 Å². The number of hydrogen-bond donors (Lipinski definition) is 2. The van der Waals surface area contributed by atoms with Crippen molar-refractivity contribution in [3.05, 3.63) is 29.3 Å². The van der Waals surface area contributed by atoms with Gasteiger partial charge in [-0.05, 0) is 38.8 Å². The molecule has 1 aromatic carbocycles. The van der Waals surface area contributed by atoms with Crippen LogP contribution in [-0.2, 0) is 11.2 Å². The molecule has 0 fully saturated rings. The zero-order valence-corrected chi connectivity index (χ0v) is 13.2. The molecule has 1 unspecified atom stereocenters. The van der Waals surface area contributed by atoms with Gasteiger partial charge in [-0.25, -0.2) is 13.6 Å². The van der Waals surface area contributed by atoms with Crippen molar-refractivity contribution in [3.8, 4) is 5.75 Å². The summed E-state index contributed by atoms with van der Waals surface area (Å²) in [5.41, 5.74) is 5.39. The lowest BCUT2D eigenvalue weighted by Gasteiger charge is -2.23. The lowest BCUT2D eigenvalue weighted by Crippen LogP contribution is -2.44. The fraction of sp³-hybridized carbons (Fsp3) is 0.533. The largest absolute Gasteiger partial charge is 0.496 e. The number of hydrogen-bond acceptors (Lipinski definition) is 4. The van der Waals surface area contributed by atoms with Crippen molar-refractivity contribution in [1.82, 2.24) is 5.32 Å². The van der Waals surface area contributed by atoms with Gasteiger partial charge in [0.25, 0.3) is 0 Å². The van der Waals surface area contributed by atoms with E-state index >= 15 is 0 Å². The lowest BCUT2D eigenvalue weighted by atomic mass is 10.0. The summed E-state index contributed by atoms with van der Waals surface area (Å²) in [5.74, 6) is -1.78. The van der Waals surface area contributed by atoms with Gasteiger partial charge in [0.2, 0.25) is 0 Å². The minimum absolute atomic E-state index is 0.112. The molecule has 3 N–H and O–H groups in total. The first-order valence-corrected chi connectivity index (χ1v) is 6.87. The van der Waals surface area contributed by atoms with E-state index in [0.29, 0.717) is 5.56 Å². The first-order chi connectivity index (χ1) is 10.2. The maximum Gasteiger partial charge on any atom is 0.407 e. The maximum absolute atomic E-state index is 13.4. The monoisotopic (exact) mass is 316 g/mol. The summed E-state index contributed by atoms with van der Waals surface area (Å²) in [6.07, 6.45) is -0.430. The van der Waals surface area contributed by atoms with Crippen molar-refractivity contribution in [2.45, 2.75) is 38.8 Å². The molecule has 0 aromatic heterocycles. The van der Waals surface area contributed by atoms with Crippen LogP contribution in [0.4, 0.5) is 13.6 Å². The standard InChI is InChI=1S/C15H22F2N2O3/c1-15(2,3)22-14(20)19-10(8-18)5-9-6-11(16)12(17)7-13(9)21-4/h6-7,10H,5,8,18H2,1-4H3,(H,19,20). The fourth-order valence-electron chi connectivity index (χ4n) is 1.85. The molecule has 1 rings (SSSR count). The van der Waals surface area contributed by atoms with Crippen molar-refractivity contribution in [2.24, 2.45) is 5.73 Å². The summed E-state index contributed by atoms with van der Waals surface area (Å²) in [4.78, 5) is 11.7. The highest BCUT2D eigenvalue weighted by Crippen LogP contribution is 2.23. The van der Waals surface area contributed by atoms with Gasteiger partial charge < -0.3 is 20.5 Å². The minimum Gasteiger partial charge on any atom is -0.496 e. The summed E-state index contributed by atoms with van der Waals surface area (Å²) >= 11 is 0. The number of ether oxygens (including phenoxy) is 2. The lowest BCUT2D eigenvalue weighted by molar-refractivity contribution is 0.0505. The molecule has 1 aromatic rings. The number of rotatable bonds is 5. The zero-order valence-electron chi connectivity index (χ0n) is 13.2. The summed E-state index contributed by atoms with van der Waals surface area (Å²) in [7, 11) is 1.36. The number of amides is 1. The SMILES string of the molecule is COc1cc(F)c(F)cc1CC(CN)NC(=O)OC(C)(C)C. The summed E-state index contributed by atoms with van der Waals surface area (Å²) in [6.45, 7) is 5.33. The number of carbonyl (C=O) groups is 1. The maximum atomic E-state index is 13.4. The summed E-state index contributed by atoms with van der Waals surface area (Å²) < 4.78 is 36.7. The van der Waals surface area contributed by atoms with Crippen LogP contribution in [0.5, 0.6) is 5.75 Å². The number of halogens is 2. The second kappa shape index (κ2) is 7.40. The second-order valence-electron chi connectivity index (χ2n) is 5.86. The van der Waals surface area contributed by atoms with Gasteiger partial charge >= 0.3 is 6.09 Å². The number of methoxy groups -OCH3 is 1. The predicted octanol–water partition coefficient (Wildman–Crippen LogP) is 2.37. The van der Waals surface area contributed by atoms with Crippen molar-refractivity contribution >= 4 is 6.09 Å². The summed E-state index contributed by atoms with van der Waals surface area (Å²) in [6, 6.07) is 1.51. The van der Waals surface area contributed by atoms with E-state index in [1.165, 1.54) is 7.11 Å². The molecule has 0 radical (unpaired) electrons. The van der Waals surface area contributed by atoms with Gasteiger partial charge in [0.1, 0.15) is 11.4 Å².